The molecule has 2 N–H and O–H groups in total. The maximum absolute atomic E-state index is 10.2. The van der Waals surface area contributed by atoms with E-state index in [0.29, 0.717) is 0 Å². The van der Waals surface area contributed by atoms with Crippen molar-refractivity contribution in [2.24, 2.45) is 0 Å². The van der Waals surface area contributed by atoms with Crippen LogP contribution >= 0.6 is 0 Å². The number of aromatic nitrogens is 3. The van der Waals surface area contributed by atoms with E-state index in [0.717, 1.165) is 6.20 Å². The molecular weight excluding hydrogens is 193 g/mol. The van der Waals surface area contributed by atoms with Gasteiger partial charge in [0, 0.05) is 0 Å². The molecule has 0 spiro atoms. The predicted molar refractivity (Wildman–Crippen MR) is 25.4 cm³/mol. The summed E-state index contributed by atoms with van der Waals surface area (Å²) in [5.74, 6) is 0. The standard InChI is InChI=1S/C2H3N3O3Se/c6-9(7,8)2-1-3-5-4-2/h1H,(H,3,4,5)(H,6,7,8). The summed E-state index contributed by atoms with van der Waals surface area (Å²) in [6.07, 6.45) is 0.944. The molecule has 1 aromatic rings. The summed E-state index contributed by atoms with van der Waals surface area (Å²) in [7, 11) is 0. The summed E-state index contributed by atoms with van der Waals surface area (Å²) in [5, 5.41) is 8.39. The van der Waals surface area contributed by atoms with Gasteiger partial charge >= 0.3 is 51.1 Å². The Hall–Kier alpha value is -0.781. The summed E-state index contributed by atoms with van der Waals surface area (Å²) < 4.78 is 28.3. The summed E-state index contributed by atoms with van der Waals surface area (Å²) in [6, 6.07) is 0. The van der Waals surface area contributed by atoms with Crippen molar-refractivity contribution in [2.75, 3.05) is 0 Å². The van der Waals surface area contributed by atoms with E-state index in [1.54, 1.807) is 0 Å². The third kappa shape index (κ3) is 1.32. The Kier molecular flexibility index (Phi) is 1.32. The second-order valence-electron chi connectivity index (χ2n) is 1.28. The molecule has 0 unspecified atom stereocenters. The molecule has 6 nitrogen and oxygen atoms in total. The van der Waals surface area contributed by atoms with Crippen LogP contribution in [0, 0.1) is 0 Å². The molecule has 0 saturated heterocycles. The topological polar surface area (TPSA) is 95.9 Å². The number of H-pyrrole nitrogens is 1. The number of nitrogens with zero attached hydrogens (tertiary/aromatic N) is 2. The molecule has 1 rings (SSSR count). The van der Waals surface area contributed by atoms with Crippen LogP contribution in [0.3, 0.4) is 0 Å². The zero-order valence-corrected chi connectivity index (χ0v) is 5.86. The third-order valence-corrected chi connectivity index (χ3v) is 2.18. The first kappa shape index (κ1) is 6.34. The average Bonchev–Trinajstić information content (AvgIpc) is 2.08. The minimum absolute atomic E-state index is 0.397. The van der Waals surface area contributed by atoms with Crippen molar-refractivity contribution in [3.8, 4) is 0 Å². The van der Waals surface area contributed by atoms with Gasteiger partial charge in [0.15, 0.2) is 0 Å². The molecule has 0 aliphatic rings. The van der Waals surface area contributed by atoms with Crippen LogP contribution in [-0.4, -0.2) is 32.6 Å². The van der Waals surface area contributed by atoms with Gasteiger partial charge in [-0.15, -0.1) is 0 Å². The fourth-order valence-electron chi connectivity index (χ4n) is 0.315. The minimum atomic E-state index is -4.85. The van der Waals surface area contributed by atoms with E-state index < -0.39 is 17.6 Å². The molecule has 0 radical (unpaired) electrons. The van der Waals surface area contributed by atoms with Crippen LogP contribution in [0.1, 0.15) is 0 Å². The fourth-order valence-corrected chi connectivity index (χ4v) is 1.03. The summed E-state index contributed by atoms with van der Waals surface area (Å²) >= 11 is -4.85. The Morgan fingerprint density at radius 2 is 2.33 bits per heavy atom. The fraction of sp³-hybridized carbons (Fsp3) is 0. The molecule has 0 aliphatic heterocycles. The molecule has 1 aromatic heterocycles. The molecule has 0 atom stereocenters. The second-order valence-corrected chi connectivity index (χ2v) is 4.15. The Morgan fingerprint density at radius 3 is 2.56 bits per heavy atom. The van der Waals surface area contributed by atoms with Crippen LogP contribution in [0.4, 0.5) is 0 Å². The number of nitrogens with one attached hydrogen (secondary N) is 1. The summed E-state index contributed by atoms with van der Waals surface area (Å²) in [6.45, 7) is 0. The zero-order chi connectivity index (χ0) is 6.91. The van der Waals surface area contributed by atoms with E-state index in [2.05, 4.69) is 10.2 Å². The summed E-state index contributed by atoms with van der Waals surface area (Å²) in [5.41, 5.74) is 0. The quantitative estimate of drug-likeness (QED) is 0.497. The van der Waals surface area contributed by atoms with Gasteiger partial charge < -0.3 is 0 Å². The molecule has 0 amide bonds. The third-order valence-electron chi connectivity index (χ3n) is 0.657. The molecular formula is C2H3N3O3Se. The first-order chi connectivity index (χ1) is 4.11. The van der Waals surface area contributed by atoms with Gasteiger partial charge in [-0.1, -0.05) is 0 Å². The molecule has 0 saturated carbocycles. The van der Waals surface area contributed by atoms with Gasteiger partial charge in [0.1, 0.15) is 0 Å². The number of hydrogen-bond donors (Lipinski definition) is 2. The number of rotatable bonds is 1. The first-order valence-corrected chi connectivity index (χ1v) is 4.96. The van der Waals surface area contributed by atoms with E-state index in [4.69, 9.17) is 4.19 Å². The van der Waals surface area contributed by atoms with Crippen LogP contribution in [0.25, 0.3) is 0 Å². The molecule has 0 aromatic carbocycles. The number of hydrogen-bond acceptors (Lipinski definition) is 4. The van der Waals surface area contributed by atoms with Crippen LogP contribution in [0.2, 0.25) is 0 Å². The maximum atomic E-state index is 10.2. The van der Waals surface area contributed by atoms with Crippen LogP contribution in [-0.2, 0) is 7.67 Å². The van der Waals surface area contributed by atoms with Gasteiger partial charge in [-0.05, 0) is 0 Å². The van der Waals surface area contributed by atoms with Crippen molar-refractivity contribution >= 4 is 17.6 Å². The first-order valence-electron chi connectivity index (χ1n) is 1.94. The Bertz CT molecular complexity index is 274. The molecule has 0 bridgehead atoms. The van der Waals surface area contributed by atoms with Gasteiger partial charge in [-0.2, -0.15) is 0 Å². The number of aromatic amines is 1. The van der Waals surface area contributed by atoms with Crippen LogP contribution in [0.5, 0.6) is 0 Å². The van der Waals surface area contributed by atoms with E-state index >= 15 is 0 Å². The molecule has 7 heteroatoms. The van der Waals surface area contributed by atoms with E-state index in [-0.39, 0.29) is 0 Å². The average molecular weight is 196 g/mol. The zero-order valence-electron chi connectivity index (χ0n) is 4.14. The monoisotopic (exact) mass is 197 g/mol. The van der Waals surface area contributed by atoms with Gasteiger partial charge in [-0.3, -0.25) is 0 Å². The van der Waals surface area contributed by atoms with Crippen molar-refractivity contribution in [1.29, 1.82) is 0 Å². The van der Waals surface area contributed by atoms with Crippen molar-refractivity contribution in [1.82, 2.24) is 15.4 Å². The predicted octanol–water partition coefficient (Wildman–Crippen LogP) is -2.20. The van der Waals surface area contributed by atoms with Gasteiger partial charge in [0.25, 0.3) is 0 Å². The van der Waals surface area contributed by atoms with Crippen molar-refractivity contribution < 1.29 is 11.9 Å². The van der Waals surface area contributed by atoms with E-state index in [1.807, 2.05) is 5.21 Å². The molecule has 50 valence electrons. The van der Waals surface area contributed by atoms with Crippen molar-refractivity contribution in [3.05, 3.63) is 6.20 Å². The van der Waals surface area contributed by atoms with E-state index in [1.165, 1.54) is 0 Å². The van der Waals surface area contributed by atoms with Crippen LogP contribution < -0.4 is 4.59 Å². The van der Waals surface area contributed by atoms with Crippen LogP contribution in [0.15, 0.2) is 6.20 Å². The Labute approximate surface area is 51.8 Å². The summed E-state index contributed by atoms with van der Waals surface area (Å²) in [4.78, 5) is 0. The van der Waals surface area contributed by atoms with Crippen molar-refractivity contribution in [2.45, 2.75) is 0 Å². The van der Waals surface area contributed by atoms with Gasteiger partial charge in [0.2, 0.25) is 0 Å². The van der Waals surface area contributed by atoms with Gasteiger partial charge in [0.05, 0.1) is 0 Å². The molecule has 1 heterocycles. The second kappa shape index (κ2) is 1.87. The SMILES string of the molecule is O=[Se](=O)(O)c1cn[nH]n1. The molecule has 0 fully saturated rings. The van der Waals surface area contributed by atoms with E-state index in [9.17, 15) is 7.67 Å². The van der Waals surface area contributed by atoms with Crippen molar-refractivity contribution in [3.63, 3.8) is 0 Å². The van der Waals surface area contributed by atoms with Gasteiger partial charge in [-0.25, -0.2) is 0 Å². The molecule has 0 aliphatic carbocycles. The normalized spacial score (nSPS) is 11.7. The Balaban J connectivity index is 3.20. The Morgan fingerprint density at radius 1 is 1.67 bits per heavy atom. The molecule has 9 heavy (non-hydrogen) atoms.